The zero-order valence-electron chi connectivity index (χ0n) is 17.3. The summed E-state index contributed by atoms with van der Waals surface area (Å²) in [4.78, 5) is 13.0. The van der Waals surface area contributed by atoms with Gasteiger partial charge >= 0.3 is 0 Å². The van der Waals surface area contributed by atoms with Crippen LogP contribution in [0.25, 0.3) is 0 Å². The van der Waals surface area contributed by atoms with E-state index in [9.17, 15) is 17.6 Å². The van der Waals surface area contributed by atoms with Crippen LogP contribution < -0.4 is 10.1 Å². The van der Waals surface area contributed by atoms with E-state index in [1.807, 2.05) is 13.8 Å². The first-order valence-electron chi connectivity index (χ1n) is 9.89. The number of rotatable bonds is 7. The number of ether oxygens (including phenoxy) is 1. The first-order valence-corrected chi connectivity index (χ1v) is 11.3. The summed E-state index contributed by atoms with van der Waals surface area (Å²) in [6.45, 7) is 4.72. The van der Waals surface area contributed by atoms with Crippen molar-refractivity contribution in [3.8, 4) is 5.75 Å². The third-order valence-corrected chi connectivity index (χ3v) is 7.15. The summed E-state index contributed by atoms with van der Waals surface area (Å²) in [7, 11) is -2.28. The number of hydrogen-bond acceptors (Lipinski definition) is 4. The number of hydrogen-bond donors (Lipinski definition) is 1. The van der Waals surface area contributed by atoms with Crippen LogP contribution >= 0.6 is 0 Å². The molecule has 3 rings (SSSR count). The van der Waals surface area contributed by atoms with Crippen LogP contribution in [0.15, 0.2) is 53.4 Å². The Morgan fingerprint density at radius 3 is 2.33 bits per heavy atom. The van der Waals surface area contributed by atoms with Gasteiger partial charge in [-0.1, -0.05) is 26.0 Å². The van der Waals surface area contributed by atoms with Crippen LogP contribution in [-0.4, -0.2) is 45.4 Å². The number of carbonyl (C=O) groups is 1. The highest BCUT2D eigenvalue weighted by molar-refractivity contribution is 7.89. The van der Waals surface area contributed by atoms with Gasteiger partial charge in [0.25, 0.3) is 0 Å². The first kappa shape index (κ1) is 22.2. The number of halogens is 1. The maximum atomic E-state index is 13.4. The SMILES string of the molecule is COc1ccc(S(=O)(=O)N2C[C@H](C(=O)NCC(C)C)[C@H](c3ccc(F)cc3)C2)cc1. The van der Waals surface area contributed by atoms with Crippen LogP contribution in [-0.2, 0) is 14.8 Å². The zero-order chi connectivity index (χ0) is 21.9. The van der Waals surface area contributed by atoms with E-state index in [-0.39, 0.29) is 41.5 Å². The monoisotopic (exact) mass is 434 g/mol. The molecule has 0 saturated carbocycles. The zero-order valence-corrected chi connectivity index (χ0v) is 18.2. The topological polar surface area (TPSA) is 75.7 Å². The van der Waals surface area contributed by atoms with E-state index < -0.39 is 15.9 Å². The highest BCUT2D eigenvalue weighted by atomic mass is 32.2. The summed E-state index contributed by atoms with van der Waals surface area (Å²) in [5.74, 6) is -0.636. The molecule has 1 saturated heterocycles. The van der Waals surface area contributed by atoms with Crippen molar-refractivity contribution < 1.29 is 22.3 Å². The lowest BCUT2D eigenvalue weighted by Crippen LogP contribution is -2.37. The summed E-state index contributed by atoms with van der Waals surface area (Å²) >= 11 is 0. The average Bonchev–Trinajstić information content (AvgIpc) is 3.19. The lowest BCUT2D eigenvalue weighted by molar-refractivity contribution is -0.125. The number of amides is 1. The fraction of sp³-hybridized carbons (Fsp3) is 0.409. The molecule has 8 heteroatoms. The Morgan fingerprint density at radius 2 is 1.77 bits per heavy atom. The Hall–Kier alpha value is -2.45. The van der Waals surface area contributed by atoms with Crippen molar-refractivity contribution in [2.45, 2.75) is 24.7 Å². The summed E-state index contributed by atoms with van der Waals surface area (Å²) < 4.78 is 46.2. The fourth-order valence-electron chi connectivity index (χ4n) is 3.61. The van der Waals surface area contributed by atoms with Crippen molar-refractivity contribution in [2.24, 2.45) is 11.8 Å². The fourth-order valence-corrected chi connectivity index (χ4v) is 5.10. The molecule has 2 aromatic carbocycles. The molecular formula is C22H27FN2O4S. The molecule has 0 unspecified atom stereocenters. The van der Waals surface area contributed by atoms with Crippen molar-refractivity contribution in [3.63, 3.8) is 0 Å². The van der Waals surface area contributed by atoms with Gasteiger partial charge in [-0.05, 0) is 47.9 Å². The minimum atomic E-state index is -3.79. The molecule has 6 nitrogen and oxygen atoms in total. The van der Waals surface area contributed by atoms with Crippen molar-refractivity contribution in [1.29, 1.82) is 0 Å². The lowest BCUT2D eigenvalue weighted by Gasteiger charge is -2.19. The van der Waals surface area contributed by atoms with Gasteiger partial charge in [0, 0.05) is 25.6 Å². The maximum absolute atomic E-state index is 13.4. The normalized spacial score (nSPS) is 19.8. The van der Waals surface area contributed by atoms with Crippen LogP contribution in [0.1, 0.15) is 25.3 Å². The predicted molar refractivity (Wildman–Crippen MR) is 112 cm³/mol. The average molecular weight is 435 g/mol. The maximum Gasteiger partial charge on any atom is 0.243 e. The molecule has 1 heterocycles. The molecule has 2 atom stereocenters. The van der Waals surface area contributed by atoms with Gasteiger partial charge in [-0.3, -0.25) is 4.79 Å². The summed E-state index contributed by atoms with van der Waals surface area (Å²) in [5, 5.41) is 2.91. The number of sulfonamides is 1. The van der Waals surface area contributed by atoms with Crippen LogP contribution in [0.4, 0.5) is 4.39 Å². The van der Waals surface area contributed by atoms with E-state index in [1.165, 1.54) is 35.7 Å². The Labute approximate surface area is 177 Å². The first-order chi connectivity index (χ1) is 14.2. The van der Waals surface area contributed by atoms with E-state index in [2.05, 4.69) is 5.32 Å². The standard InChI is InChI=1S/C22H27FN2O4S/c1-15(2)12-24-22(26)21-14-25(13-20(21)16-4-6-17(23)7-5-16)30(27,28)19-10-8-18(29-3)9-11-19/h4-11,15,20-21H,12-14H2,1-3H3,(H,24,26)/t20-,21-/m0/s1. The van der Waals surface area contributed by atoms with E-state index in [1.54, 1.807) is 24.3 Å². The predicted octanol–water partition coefficient (Wildman–Crippen LogP) is 3.01. The third-order valence-electron chi connectivity index (χ3n) is 5.30. The second-order valence-corrected chi connectivity index (χ2v) is 9.84. The second-order valence-electron chi connectivity index (χ2n) is 7.90. The van der Waals surface area contributed by atoms with Crippen LogP contribution in [0.3, 0.4) is 0 Å². The Morgan fingerprint density at radius 1 is 1.13 bits per heavy atom. The van der Waals surface area contributed by atoms with Gasteiger partial charge in [0.1, 0.15) is 11.6 Å². The summed E-state index contributed by atoms with van der Waals surface area (Å²) in [6.07, 6.45) is 0. The van der Waals surface area contributed by atoms with Crippen LogP contribution in [0.2, 0.25) is 0 Å². The molecular weight excluding hydrogens is 407 g/mol. The van der Waals surface area contributed by atoms with Crippen LogP contribution in [0, 0.1) is 17.7 Å². The molecule has 0 spiro atoms. The summed E-state index contributed by atoms with van der Waals surface area (Å²) in [5.41, 5.74) is 0.744. The second kappa shape index (κ2) is 9.14. The highest BCUT2D eigenvalue weighted by Crippen LogP contribution is 2.36. The van der Waals surface area contributed by atoms with Gasteiger partial charge in [0.05, 0.1) is 17.9 Å². The van der Waals surface area contributed by atoms with Crippen molar-refractivity contribution in [2.75, 3.05) is 26.7 Å². The molecule has 1 amide bonds. The quantitative estimate of drug-likeness (QED) is 0.727. The van der Waals surface area contributed by atoms with E-state index in [0.29, 0.717) is 12.3 Å². The molecule has 1 aliphatic heterocycles. The third kappa shape index (κ3) is 4.82. The van der Waals surface area contributed by atoms with E-state index in [4.69, 9.17) is 4.74 Å². The minimum absolute atomic E-state index is 0.0698. The molecule has 1 aliphatic rings. The number of nitrogens with one attached hydrogen (secondary N) is 1. The molecule has 1 fully saturated rings. The number of nitrogens with zero attached hydrogens (tertiary/aromatic N) is 1. The molecule has 30 heavy (non-hydrogen) atoms. The molecule has 0 aliphatic carbocycles. The molecule has 2 aromatic rings. The summed E-state index contributed by atoms with van der Waals surface area (Å²) in [6, 6.07) is 12.1. The van der Waals surface area contributed by atoms with Crippen LogP contribution in [0.5, 0.6) is 5.75 Å². The molecule has 1 N–H and O–H groups in total. The molecule has 162 valence electrons. The van der Waals surface area contributed by atoms with Gasteiger partial charge in [-0.2, -0.15) is 4.31 Å². The highest BCUT2D eigenvalue weighted by Gasteiger charge is 2.43. The Bertz CT molecular complexity index is 975. The Kier molecular flexibility index (Phi) is 6.77. The minimum Gasteiger partial charge on any atom is -0.497 e. The largest absolute Gasteiger partial charge is 0.497 e. The van der Waals surface area contributed by atoms with Gasteiger partial charge in [0.2, 0.25) is 15.9 Å². The van der Waals surface area contributed by atoms with Gasteiger partial charge in [-0.15, -0.1) is 0 Å². The smallest absolute Gasteiger partial charge is 0.243 e. The van der Waals surface area contributed by atoms with Crippen molar-refractivity contribution in [3.05, 3.63) is 59.9 Å². The number of benzene rings is 2. The molecule has 0 radical (unpaired) electrons. The number of carbonyl (C=O) groups excluding carboxylic acids is 1. The van der Waals surface area contributed by atoms with E-state index in [0.717, 1.165) is 5.56 Å². The lowest BCUT2D eigenvalue weighted by atomic mass is 9.88. The van der Waals surface area contributed by atoms with Crippen molar-refractivity contribution in [1.82, 2.24) is 9.62 Å². The number of methoxy groups -OCH3 is 1. The van der Waals surface area contributed by atoms with E-state index >= 15 is 0 Å². The molecule has 0 bridgehead atoms. The Balaban J connectivity index is 1.89. The van der Waals surface area contributed by atoms with Crippen molar-refractivity contribution >= 4 is 15.9 Å². The van der Waals surface area contributed by atoms with Gasteiger partial charge in [-0.25, -0.2) is 12.8 Å². The molecule has 0 aromatic heterocycles. The van der Waals surface area contributed by atoms with Gasteiger partial charge < -0.3 is 10.1 Å². The van der Waals surface area contributed by atoms with Gasteiger partial charge in [0.15, 0.2) is 0 Å².